The second-order valence-corrected chi connectivity index (χ2v) is 4.45. The molecule has 3 N–H and O–H groups in total. The Hall–Kier alpha value is -1.87. The van der Waals surface area contributed by atoms with Crippen LogP contribution in [0.3, 0.4) is 0 Å². The number of nitrogen functional groups attached to an aromatic ring is 1. The SMILES string of the molecule is Cc1cc(O)ccc1OCc1c(N)cccc1Cl. The molecular formula is C14H14ClNO2. The zero-order valence-electron chi connectivity index (χ0n) is 9.98. The van der Waals surface area contributed by atoms with Gasteiger partial charge in [-0.25, -0.2) is 0 Å². The van der Waals surface area contributed by atoms with Crippen LogP contribution < -0.4 is 10.5 Å². The highest BCUT2D eigenvalue weighted by Gasteiger charge is 2.07. The summed E-state index contributed by atoms with van der Waals surface area (Å²) in [6.07, 6.45) is 0. The number of nitrogens with two attached hydrogens (primary N) is 1. The van der Waals surface area contributed by atoms with Crippen LogP contribution in [0.2, 0.25) is 5.02 Å². The summed E-state index contributed by atoms with van der Waals surface area (Å²) >= 11 is 6.06. The third-order valence-electron chi connectivity index (χ3n) is 2.69. The number of phenolic OH excluding ortho intramolecular Hbond substituents is 1. The molecule has 3 nitrogen and oxygen atoms in total. The van der Waals surface area contributed by atoms with Crippen LogP contribution in [-0.2, 0) is 6.61 Å². The van der Waals surface area contributed by atoms with Gasteiger partial charge in [0.1, 0.15) is 18.1 Å². The van der Waals surface area contributed by atoms with Crippen LogP contribution in [0.1, 0.15) is 11.1 Å². The van der Waals surface area contributed by atoms with Gasteiger partial charge in [-0.2, -0.15) is 0 Å². The van der Waals surface area contributed by atoms with Crippen molar-refractivity contribution in [3.63, 3.8) is 0 Å². The first-order chi connectivity index (χ1) is 8.58. The maximum atomic E-state index is 9.31. The van der Waals surface area contributed by atoms with E-state index >= 15 is 0 Å². The number of phenols is 1. The van der Waals surface area contributed by atoms with Crippen LogP contribution >= 0.6 is 11.6 Å². The van der Waals surface area contributed by atoms with Crippen molar-refractivity contribution in [1.29, 1.82) is 0 Å². The summed E-state index contributed by atoms with van der Waals surface area (Å²) in [5.74, 6) is 0.921. The molecule has 0 heterocycles. The Morgan fingerprint density at radius 3 is 2.72 bits per heavy atom. The van der Waals surface area contributed by atoms with Gasteiger partial charge in [-0.15, -0.1) is 0 Å². The van der Waals surface area contributed by atoms with E-state index in [0.29, 0.717) is 23.1 Å². The number of benzene rings is 2. The van der Waals surface area contributed by atoms with Gasteiger partial charge in [0.25, 0.3) is 0 Å². The lowest BCUT2D eigenvalue weighted by Crippen LogP contribution is -2.01. The molecule has 0 fully saturated rings. The smallest absolute Gasteiger partial charge is 0.122 e. The highest BCUT2D eigenvalue weighted by molar-refractivity contribution is 6.31. The Bertz CT molecular complexity index is 549. The van der Waals surface area contributed by atoms with Crippen molar-refractivity contribution in [1.82, 2.24) is 0 Å². The molecule has 0 amide bonds. The van der Waals surface area contributed by atoms with Crippen LogP contribution in [0.5, 0.6) is 11.5 Å². The normalized spacial score (nSPS) is 10.3. The molecule has 0 atom stereocenters. The van der Waals surface area contributed by atoms with Gasteiger partial charge in [0, 0.05) is 16.3 Å². The van der Waals surface area contributed by atoms with Gasteiger partial charge >= 0.3 is 0 Å². The predicted octanol–water partition coefficient (Wildman–Crippen LogP) is 3.52. The van der Waals surface area contributed by atoms with E-state index in [0.717, 1.165) is 11.1 Å². The maximum Gasteiger partial charge on any atom is 0.122 e. The van der Waals surface area contributed by atoms with E-state index in [1.54, 1.807) is 36.4 Å². The van der Waals surface area contributed by atoms with E-state index in [9.17, 15) is 5.11 Å². The Morgan fingerprint density at radius 2 is 2.06 bits per heavy atom. The lowest BCUT2D eigenvalue weighted by atomic mass is 10.2. The van der Waals surface area contributed by atoms with E-state index in [-0.39, 0.29) is 5.75 Å². The topological polar surface area (TPSA) is 55.5 Å². The average Bonchev–Trinajstić information content (AvgIpc) is 2.31. The van der Waals surface area contributed by atoms with Crippen molar-refractivity contribution < 1.29 is 9.84 Å². The van der Waals surface area contributed by atoms with Gasteiger partial charge in [0.2, 0.25) is 0 Å². The number of hydrogen-bond acceptors (Lipinski definition) is 3. The molecule has 0 aliphatic heterocycles. The molecule has 0 unspecified atom stereocenters. The average molecular weight is 264 g/mol. The first-order valence-electron chi connectivity index (χ1n) is 5.53. The Kier molecular flexibility index (Phi) is 3.63. The number of aryl methyl sites for hydroxylation is 1. The minimum absolute atomic E-state index is 0.220. The van der Waals surface area contributed by atoms with Gasteiger partial charge in [0.05, 0.1) is 0 Å². The fourth-order valence-electron chi connectivity index (χ4n) is 1.67. The van der Waals surface area contributed by atoms with Crippen LogP contribution in [-0.4, -0.2) is 5.11 Å². The number of aromatic hydroxyl groups is 1. The number of hydrogen-bond donors (Lipinski definition) is 2. The third kappa shape index (κ3) is 2.68. The zero-order valence-corrected chi connectivity index (χ0v) is 10.7. The second kappa shape index (κ2) is 5.19. The van der Waals surface area contributed by atoms with Gasteiger partial charge < -0.3 is 15.6 Å². The fraction of sp³-hybridized carbons (Fsp3) is 0.143. The van der Waals surface area contributed by atoms with Gasteiger partial charge in [-0.3, -0.25) is 0 Å². The summed E-state index contributed by atoms with van der Waals surface area (Å²) in [5.41, 5.74) is 8.09. The lowest BCUT2D eigenvalue weighted by Gasteiger charge is -2.12. The second-order valence-electron chi connectivity index (χ2n) is 4.05. The van der Waals surface area contributed by atoms with E-state index in [2.05, 4.69) is 0 Å². The van der Waals surface area contributed by atoms with Crippen LogP contribution in [0.15, 0.2) is 36.4 Å². The summed E-state index contributed by atoms with van der Waals surface area (Å²) in [6, 6.07) is 10.3. The van der Waals surface area contributed by atoms with Gasteiger partial charge in [-0.1, -0.05) is 17.7 Å². The molecule has 0 aliphatic rings. The summed E-state index contributed by atoms with van der Waals surface area (Å²) in [4.78, 5) is 0. The molecule has 4 heteroatoms. The van der Waals surface area contributed by atoms with E-state index in [4.69, 9.17) is 22.1 Å². The monoisotopic (exact) mass is 263 g/mol. The van der Waals surface area contributed by atoms with Gasteiger partial charge in [0.15, 0.2) is 0 Å². The number of halogens is 1. The van der Waals surface area contributed by atoms with Gasteiger partial charge in [-0.05, 0) is 42.8 Å². The molecule has 18 heavy (non-hydrogen) atoms. The fourth-order valence-corrected chi connectivity index (χ4v) is 1.91. The summed E-state index contributed by atoms with van der Waals surface area (Å²) in [5, 5.41) is 9.90. The summed E-state index contributed by atoms with van der Waals surface area (Å²) in [7, 11) is 0. The van der Waals surface area contributed by atoms with Crippen LogP contribution in [0.4, 0.5) is 5.69 Å². The number of ether oxygens (including phenoxy) is 1. The number of rotatable bonds is 3. The minimum atomic E-state index is 0.220. The van der Waals surface area contributed by atoms with Crippen LogP contribution in [0.25, 0.3) is 0 Å². The van der Waals surface area contributed by atoms with Crippen molar-refractivity contribution in [3.8, 4) is 11.5 Å². The molecule has 2 rings (SSSR count). The standard InChI is InChI=1S/C14H14ClNO2/c1-9-7-10(17)5-6-14(9)18-8-11-12(15)3-2-4-13(11)16/h2-7,17H,8,16H2,1H3. The van der Waals surface area contributed by atoms with Crippen molar-refractivity contribution in [2.45, 2.75) is 13.5 Å². The quantitative estimate of drug-likeness (QED) is 0.833. The third-order valence-corrected chi connectivity index (χ3v) is 3.04. The van der Waals surface area contributed by atoms with E-state index in [1.807, 2.05) is 6.92 Å². The molecule has 0 saturated carbocycles. The lowest BCUT2D eigenvalue weighted by molar-refractivity contribution is 0.304. The summed E-state index contributed by atoms with van der Waals surface area (Å²) < 4.78 is 5.66. The molecule has 0 saturated heterocycles. The van der Waals surface area contributed by atoms with Crippen LogP contribution in [0, 0.1) is 6.92 Å². The first-order valence-corrected chi connectivity index (χ1v) is 5.91. The molecule has 94 valence electrons. The van der Waals surface area contributed by atoms with Crippen molar-refractivity contribution >= 4 is 17.3 Å². The molecule has 0 bridgehead atoms. The highest BCUT2D eigenvalue weighted by atomic mass is 35.5. The Balaban J connectivity index is 2.16. The Labute approximate surface area is 111 Å². The highest BCUT2D eigenvalue weighted by Crippen LogP contribution is 2.26. The summed E-state index contributed by atoms with van der Waals surface area (Å²) in [6.45, 7) is 2.17. The molecule has 2 aromatic carbocycles. The zero-order chi connectivity index (χ0) is 13.1. The predicted molar refractivity (Wildman–Crippen MR) is 73.0 cm³/mol. The van der Waals surface area contributed by atoms with E-state index < -0.39 is 0 Å². The molecule has 0 aromatic heterocycles. The van der Waals surface area contributed by atoms with Crippen molar-refractivity contribution in [2.75, 3.05) is 5.73 Å². The first kappa shape index (κ1) is 12.6. The Morgan fingerprint density at radius 1 is 1.28 bits per heavy atom. The maximum absolute atomic E-state index is 9.31. The molecule has 0 radical (unpaired) electrons. The van der Waals surface area contributed by atoms with Crippen molar-refractivity contribution in [2.24, 2.45) is 0 Å². The molecule has 0 aliphatic carbocycles. The minimum Gasteiger partial charge on any atom is -0.508 e. The van der Waals surface area contributed by atoms with Crippen molar-refractivity contribution in [3.05, 3.63) is 52.5 Å². The van der Waals surface area contributed by atoms with E-state index in [1.165, 1.54) is 0 Å². The molecular weight excluding hydrogens is 250 g/mol. The molecule has 0 spiro atoms. The number of anilines is 1. The molecule has 2 aromatic rings. The largest absolute Gasteiger partial charge is 0.508 e.